The zero-order valence-corrected chi connectivity index (χ0v) is 70.5. The Morgan fingerprint density at radius 2 is 0.763 bits per heavy atom. The van der Waals surface area contributed by atoms with Gasteiger partial charge in [-0.05, 0) is 66.8 Å². The van der Waals surface area contributed by atoms with Gasteiger partial charge >= 0.3 is 41.8 Å². The Kier molecular flexibility index (Phi) is 46.7. The Bertz CT molecular complexity index is 3490. The van der Waals surface area contributed by atoms with Gasteiger partial charge in [-0.25, -0.2) is 0 Å². The topological polar surface area (TPSA) is 457 Å². The maximum absolute atomic E-state index is 14.6. The molecule has 2 heterocycles. The first-order chi connectivity index (χ1) is 56.4. The van der Waals surface area contributed by atoms with Gasteiger partial charge in [0.1, 0.15) is 41.7 Å². The van der Waals surface area contributed by atoms with Gasteiger partial charge in [0.15, 0.2) is 0 Å². The summed E-state index contributed by atoms with van der Waals surface area (Å²) in [6, 6.07) is 7.46. The quantitative estimate of drug-likeness (QED) is 0.0200. The molecule has 0 aromatic heterocycles. The number of primary amides is 1. The summed E-state index contributed by atoms with van der Waals surface area (Å²) in [6.07, 6.45) is -0.561. The van der Waals surface area contributed by atoms with Crippen molar-refractivity contribution >= 4 is 83.1 Å². The Hall–Kier alpha value is -9.96. The molecule has 0 saturated carbocycles. The monoisotopic (exact) mass is 1670 g/mol. The highest BCUT2D eigenvalue weighted by atomic mass is 16.5. The first-order valence-electron chi connectivity index (χ1n) is 39.8. The minimum absolute atomic E-state index is 0.0482. The van der Waals surface area contributed by atoms with Gasteiger partial charge in [-0.15, -0.1) is 0 Å². The molecule has 2 saturated heterocycles. The van der Waals surface area contributed by atoms with E-state index in [2.05, 4.69) is 43.4 Å². The molecule has 38 nitrogen and oxygen atoms in total. The molecular formula is C80H127N15O23. The van der Waals surface area contributed by atoms with Crippen molar-refractivity contribution in [2.24, 2.45) is 17.6 Å². The number of hydrogen-bond donors (Lipinski definition) is 8. The van der Waals surface area contributed by atoms with E-state index in [1.54, 1.807) is 55.1 Å². The molecule has 118 heavy (non-hydrogen) atoms. The molecule has 0 bridgehead atoms. The molecule has 2 aromatic rings. The summed E-state index contributed by atoms with van der Waals surface area (Å²) < 4.78 is 41.1. The van der Waals surface area contributed by atoms with Crippen LogP contribution in [0, 0.1) is 11.8 Å². The number of methoxy groups -OCH3 is 8. The van der Waals surface area contributed by atoms with Crippen LogP contribution < -0.4 is 37.6 Å². The Balaban J connectivity index is 1.61. The van der Waals surface area contributed by atoms with Gasteiger partial charge in [0.25, 0.3) is 0 Å². The standard InChI is InChI=1S/C80H127N15O23/c1-13-55(2)74(87-75(105)56(3)46-58-18-20-61(96)21-19-58)78(108)86-62(22-25-66(81)97)76(106)83-47-59-14-16-60(17-15-59)48-84-77(107)63(85-68(99)27-24-65(80(110)118-12)95-44-38-90(51-70(101)113-7)32-30-88(49-57(4)111-5)31-33-91(39-45-95)52-71(102)114-8)28-29-82-67(98)26-23-64(79(109)117-11)94-42-40-92(53-72(103)115-9)36-34-89(50-69(100)112-6)35-37-93(41-43-94)54-73(104)116-10/h14-21,55-56,62-65,74,96H,4,13,22-54H2,1-3,5-12H3,(H2,81,97)(H,82,98)(H,83,106)(H,84,107)(H,85,99)(H,86,108)(H,87,105)/t55?,56-,62-,63?,64?,65?,74-/m0/s1. The number of amides is 7. The molecule has 2 fully saturated rings. The minimum atomic E-state index is -1.32. The van der Waals surface area contributed by atoms with Crippen LogP contribution in [-0.2, 0) is 125 Å². The van der Waals surface area contributed by atoms with Crippen LogP contribution in [0.3, 0.4) is 0 Å². The number of nitrogens with two attached hydrogens (primary N) is 1. The van der Waals surface area contributed by atoms with Crippen LogP contribution in [0.25, 0.3) is 0 Å². The largest absolute Gasteiger partial charge is 0.508 e. The van der Waals surface area contributed by atoms with Gasteiger partial charge < -0.3 is 80.6 Å². The van der Waals surface area contributed by atoms with E-state index in [9.17, 15) is 72.2 Å². The molecule has 38 heteroatoms. The van der Waals surface area contributed by atoms with Crippen molar-refractivity contribution in [2.75, 3.05) is 207 Å². The molecule has 7 amide bonds. The molecule has 2 aliphatic rings. The van der Waals surface area contributed by atoms with E-state index in [0.29, 0.717) is 75.5 Å². The van der Waals surface area contributed by atoms with Crippen molar-refractivity contribution in [3.05, 3.63) is 77.6 Å². The lowest BCUT2D eigenvalue weighted by Crippen LogP contribution is -2.56. The van der Waals surface area contributed by atoms with Gasteiger partial charge in [0, 0.05) is 150 Å². The normalized spacial score (nSPS) is 16.9. The Morgan fingerprint density at radius 1 is 0.407 bits per heavy atom. The average Bonchev–Trinajstić information content (AvgIpc) is 0.862. The van der Waals surface area contributed by atoms with Gasteiger partial charge in [0.05, 0.1) is 96.1 Å². The SMILES string of the molecule is C=C(CN1CCN(CC(=O)OC)CCN(C(CCC(=O)NC(CCNC(=O)CCC(C(=O)OC)N2CCN(CC(=O)OC)CCN(CC(=O)OC)CCN(CC(=O)OC)CC2)C(=O)NCc2ccc(CNC(=O)[C@H](CCC(N)=O)NC(=O)[C@@H](NC(=O)[C@@H](C)Cc3ccc(O)cc3)C(C)CC)cc2)C(=O)OC)CCN(CC(=O)OC)CC1)OC. The van der Waals surface area contributed by atoms with Gasteiger partial charge in [-0.1, -0.05) is 70.2 Å². The molecule has 2 aliphatic heterocycles. The van der Waals surface area contributed by atoms with Crippen molar-refractivity contribution < 1.29 is 110 Å². The summed E-state index contributed by atoms with van der Waals surface area (Å²) in [5, 5.41) is 26.6. The van der Waals surface area contributed by atoms with Crippen molar-refractivity contribution in [1.29, 1.82) is 0 Å². The summed E-state index contributed by atoms with van der Waals surface area (Å²) in [5.74, 6) is -8.50. The highest BCUT2D eigenvalue weighted by Gasteiger charge is 2.35. The van der Waals surface area contributed by atoms with Crippen LogP contribution in [0.4, 0.5) is 0 Å². The van der Waals surface area contributed by atoms with Crippen LogP contribution in [0.5, 0.6) is 5.75 Å². The number of carbonyl (C=O) groups is 14. The number of carbonyl (C=O) groups excluding carboxylic acids is 14. The molecule has 2 aromatic carbocycles. The van der Waals surface area contributed by atoms with Crippen LogP contribution in [0.15, 0.2) is 60.9 Å². The van der Waals surface area contributed by atoms with Crippen LogP contribution >= 0.6 is 0 Å². The highest BCUT2D eigenvalue weighted by Crippen LogP contribution is 2.19. The summed E-state index contributed by atoms with van der Waals surface area (Å²) in [5.41, 5.74) is 7.47. The number of hydrogen-bond acceptors (Lipinski definition) is 31. The summed E-state index contributed by atoms with van der Waals surface area (Å²) in [4.78, 5) is 203. The van der Waals surface area contributed by atoms with E-state index in [0.717, 1.165) is 5.56 Å². The molecule has 4 unspecified atom stereocenters. The summed E-state index contributed by atoms with van der Waals surface area (Å²) in [6.45, 7) is 13.3. The van der Waals surface area contributed by atoms with Gasteiger partial charge in [-0.2, -0.15) is 0 Å². The first kappa shape index (κ1) is 100. The molecule has 660 valence electrons. The molecule has 0 radical (unpaired) electrons. The minimum Gasteiger partial charge on any atom is -0.508 e. The lowest BCUT2D eigenvalue weighted by Gasteiger charge is -2.36. The van der Waals surface area contributed by atoms with Crippen molar-refractivity contribution in [3.8, 4) is 5.75 Å². The number of esters is 7. The third kappa shape index (κ3) is 38.2. The molecule has 0 spiro atoms. The van der Waals surface area contributed by atoms with Crippen molar-refractivity contribution in [2.45, 2.75) is 122 Å². The van der Waals surface area contributed by atoms with E-state index in [1.807, 2.05) is 36.3 Å². The lowest BCUT2D eigenvalue weighted by atomic mass is 9.95. The smallest absolute Gasteiger partial charge is 0.323 e. The number of benzene rings is 2. The maximum Gasteiger partial charge on any atom is 0.323 e. The van der Waals surface area contributed by atoms with Crippen molar-refractivity contribution in [1.82, 2.24) is 71.1 Å². The second kappa shape index (κ2) is 54.9. The number of phenols is 1. The summed E-state index contributed by atoms with van der Waals surface area (Å²) in [7, 11) is 10.3. The fraction of sp³-hybridized carbons (Fsp3) is 0.650. The van der Waals surface area contributed by atoms with Crippen molar-refractivity contribution in [3.63, 3.8) is 0 Å². The van der Waals surface area contributed by atoms with E-state index in [-0.39, 0.29) is 174 Å². The number of aromatic hydroxyl groups is 1. The number of ether oxygens (including phenoxy) is 8. The average molecular weight is 1670 g/mol. The second-order valence-corrected chi connectivity index (χ2v) is 29.2. The zero-order valence-electron chi connectivity index (χ0n) is 70.5. The van der Waals surface area contributed by atoms with E-state index >= 15 is 0 Å². The summed E-state index contributed by atoms with van der Waals surface area (Å²) >= 11 is 0. The molecule has 7 atom stereocenters. The van der Waals surface area contributed by atoms with Gasteiger partial charge in [-0.3, -0.25) is 106 Å². The second-order valence-electron chi connectivity index (χ2n) is 29.2. The molecule has 9 N–H and O–H groups in total. The number of nitrogens with one attached hydrogen (secondary N) is 6. The predicted octanol–water partition coefficient (Wildman–Crippen LogP) is -2.11. The van der Waals surface area contributed by atoms with E-state index < -0.39 is 119 Å². The molecular weight excluding hydrogens is 1540 g/mol. The zero-order chi connectivity index (χ0) is 87.2. The molecule has 0 aliphatic carbocycles. The number of rotatable bonds is 44. The number of phenolic OH excluding ortho intramolecular Hbond substituents is 1. The lowest BCUT2D eigenvalue weighted by molar-refractivity contribution is -0.149. The third-order valence-corrected chi connectivity index (χ3v) is 20.8. The first-order valence-corrected chi connectivity index (χ1v) is 39.8. The Labute approximate surface area is 691 Å². The van der Waals surface area contributed by atoms with Gasteiger partial charge in [0.2, 0.25) is 41.4 Å². The Morgan fingerprint density at radius 3 is 1.12 bits per heavy atom. The number of nitrogens with zero attached hydrogens (tertiary/aromatic N) is 8. The van der Waals surface area contributed by atoms with Crippen LogP contribution in [0.2, 0.25) is 0 Å². The van der Waals surface area contributed by atoms with E-state index in [4.69, 9.17) is 43.6 Å². The maximum atomic E-state index is 14.6. The van der Waals surface area contributed by atoms with E-state index in [1.165, 1.54) is 69.0 Å². The predicted molar refractivity (Wildman–Crippen MR) is 431 cm³/mol. The van der Waals surface area contributed by atoms with Crippen LogP contribution in [-0.4, -0.2) is 365 Å². The fourth-order valence-electron chi connectivity index (χ4n) is 13.2. The highest BCUT2D eigenvalue weighted by molar-refractivity contribution is 5.93. The fourth-order valence-corrected chi connectivity index (χ4v) is 13.2. The third-order valence-electron chi connectivity index (χ3n) is 20.8. The van der Waals surface area contributed by atoms with Crippen LogP contribution in [0.1, 0.15) is 88.8 Å². The molecule has 4 rings (SSSR count).